The van der Waals surface area contributed by atoms with Crippen molar-refractivity contribution in [3.63, 3.8) is 0 Å². The van der Waals surface area contributed by atoms with Crippen molar-refractivity contribution >= 4 is 34.8 Å². The Morgan fingerprint density at radius 2 is 2.04 bits per heavy atom. The van der Waals surface area contributed by atoms with Crippen molar-refractivity contribution in [1.29, 1.82) is 0 Å². The number of hydrogen-bond donors (Lipinski definition) is 0. The summed E-state index contributed by atoms with van der Waals surface area (Å²) in [5.74, 6) is -0.475. The van der Waals surface area contributed by atoms with Gasteiger partial charge in [0.2, 0.25) is 5.91 Å². The zero-order valence-electron chi connectivity index (χ0n) is 15.6. The monoisotopic (exact) mass is 400 g/mol. The second-order valence-corrected chi connectivity index (χ2v) is 7.22. The number of allylic oxidation sites excluding steroid dienone is 1. The lowest BCUT2D eigenvalue weighted by atomic mass is 9.93. The normalized spacial score (nSPS) is 18.9. The quantitative estimate of drug-likeness (QED) is 0.558. The third-order valence-corrected chi connectivity index (χ3v) is 5.36. The van der Waals surface area contributed by atoms with Crippen molar-refractivity contribution in [2.24, 2.45) is 4.99 Å². The summed E-state index contributed by atoms with van der Waals surface area (Å²) >= 11 is 1.47. The Balaban J connectivity index is 2.07. The molecule has 0 spiro atoms. The number of amides is 1. The molecule has 0 bridgehead atoms. The van der Waals surface area contributed by atoms with Gasteiger partial charge in [0.1, 0.15) is 6.61 Å². The number of carbonyl (C=O) groups excluding carboxylic acids is 3. The van der Waals surface area contributed by atoms with Gasteiger partial charge in [-0.2, -0.15) is 0 Å². The van der Waals surface area contributed by atoms with E-state index in [0.29, 0.717) is 39.7 Å². The minimum Gasteiger partial charge on any atom is -0.465 e. The van der Waals surface area contributed by atoms with E-state index < -0.39 is 18.0 Å². The summed E-state index contributed by atoms with van der Waals surface area (Å²) in [6.07, 6.45) is 1.84. The molecule has 1 saturated heterocycles. The molecule has 28 heavy (non-hydrogen) atoms. The number of thioether (sulfide) groups is 1. The van der Waals surface area contributed by atoms with Crippen molar-refractivity contribution in [2.75, 3.05) is 19.5 Å². The van der Waals surface area contributed by atoms with Gasteiger partial charge in [-0.15, -0.1) is 0 Å². The summed E-state index contributed by atoms with van der Waals surface area (Å²) in [4.78, 5) is 43.2. The van der Waals surface area contributed by atoms with Gasteiger partial charge in [0, 0.05) is 12.2 Å². The molecule has 7 nitrogen and oxygen atoms in total. The first-order valence-corrected chi connectivity index (χ1v) is 9.67. The molecule has 146 valence electrons. The first kappa shape index (κ1) is 19.9. The van der Waals surface area contributed by atoms with Gasteiger partial charge in [-0.3, -0.25) is 9.69 Å². The summed E-state index contributed by atoms with van der Waals surface area (Å²) in [6.45, 7) is 5.34. The zero-order valence-corrected chi connectivity index (χ0v) is 16.5. The van der Waals surface area contributed by atoms with E-state index in [0.717, 1.165) is 0 Å². The summed E-state index contributed by atoms with van der Waals surface area (Å²) in [6, 6.07) is 5.96. The van der Waals surface area contributed by atoms with Gasteiger partial charge in [-0.25, -0.2) is 14.6 Å². The Morgan fingerprint density at radius 1 is 1.32 bits per heavy atom. The van der Waals surface area contributed by atoms with E-state index >= 15 is 0 Å². The largest absolute Gasteiger partial charge is 0.465 e. The highest BCUT2D eigenvalue weighted by atomic mass is 32.2. The lowest BCUT2D eigenvalue weighted by Crippen LogP contribution is -2.45. The standard InChI is InChI=1S/C20H20N2O5S/c1-4-10-27-19(25)16-12(2)21-20-22(15(23)9-11-28-20)17(16)13-5-7-14(8-6-13)18(24)26-3/h4-8,17H,1,9-11H2,2-3H3/t17-/m1/s1. The van der Waals surface area contributed by atoms with Crippen molar-refractivity contribution in [3.05, 3.63) is 59.3 Å². The van der Waals surface area contributed by atoms with Crippen LogP contribution >= 0.6 is 11.8 Å². The van der Waals surface area contributed by atoms with Crippen molar-refractivity contribution in [3.8, 4) is 0 Å². The molecule has 0 aliphatic carbocycles. The number of carbonyl (C=O) groups is 3. The number of nitrogens with zero attached hydrogens (tertiary/aromatic N) is 2. The number of methoxy groups -OCH3 is 1. The van der Waals surface area contributed by atoms with Gasteiger partial charge in [-0.05, 0) is 24.6 Å². The maximum atomic E-state index is 12.7. The fraction of sp³-hybridized carbons (Fsp3) is 0.300. The van der Waals surface area contributed by atoms with Crippen LogP contribution in [0.5, 0.6) is 0 Å². The first-order chi connectivity index (χ1) is 13.5. The van der Waals surface area contributed by atoms with E-state index in [1.54, 1.807) is 36.1 Å². The fourth-order valence-electron chi connectivity index (χ4n) is 3.10. The molecule has 1 atom stereocenters. The van der Waals surface area contributed by atoms with Gasteiger partial charge < -0.3 is 9.47 Å². The predicted octanol–water partition coefficient (Wildman–Crippen LogP) is 2.85. The maximum Gasteiger partial charge on any atom is 0.338 e. The van der Waals surface area contributed by atoms with Gasteiger partial charge in [-0.1, -0.05) is 36.5 Å². The number of aliphatic imine (C=N–C) groups is 1. The van der Waals surface area contributed by atoms with Crippen LogP contribution in [0.25, 0.3) is 0 Å². The Kier molecular flexibility index (Phi) is 5.99. The van der Waals surface area contributed by atoms with E-state index in [4.69, 9.17) is 9.47 Å². The molecule has 0 N–H and O–H groups in total. The molecular formula is C20H20N2O5S. The molecule has 2 aliphatic heterocycles. The molecule has 1 aromatic carbocycles. The van der Waals surface area contributed by atoms with Crippen LogP contribution < -0.4 is 0 Å². The number of benzene rings is 1. The number of rotatable bonds is 5. The fourth-order valence-corrected chi connectivity index (χ4v) is 4.11. The summed E-state index contributed by atoms with van der Waals surface area (Å²) in [5.41, 5.74) is 1.87. The highest BCUT2D eigenvalue weighted by Gasteiger charge is 2.41. The number of fused-ring (bicyclic) bond motifs is 1. The van der Waals surface area contributed by atoms with Crippen LogP contribution in [-0.2, 0) is 19.1 Å². The summed E-state index contributed by atoms with van der Waals surface area (Å²) < 4.78 is 9.97. The highest BCUT2D eigenvalue weighted by Crippen LogP contribution is 2.40. The Hall–Kier alpha value is -2.87. The van der Waals surface area contributed by atoms with E-state index in [2.05, 4.69) is 11.6 Å². The van der Waals surface area contributed by atoms with E-state index in [1.807, 2.05) is 0 Å². The minimum absolute atomic E-state index is 0.0584. The number of esters is 2. The first-order valence-electron chi connectivity index (χ1n) is 8.68. The molecule has 3 rings (SSSR count). The van der Waals surface area contributed by atoms with Crippen molar-refractivity contribution in [2.45, 2.75) is 19.4 Å². The van der Waals surface area contributed by atoms with Crippen LogP contribution in [0.15, 0.2) is 53.2 Å². The molecule has 1 fully saturated rings. The van der Waals surface area contributed by atoms with Crippen LogP contribution in [0.1, 0.15) is 35.3 Å². The second-order valence-electron chi connectivity index (χ2n) is 6.16. The van der Waals surface area contributed by atoms with Gasteiger partial charge >= 0.3 is 11.9 Å². The predicted molar refractivity (Wildman–Crippen MR) is 106 cm³/mol. The molecule has 0 aromatic heterocycles. The third-order valence-electron chi connectivity index (χ3n) is 4.41. The molecule has 1 amide bonds. The van der Waals surface area contributed by atoms with E-state index in [-0.39, 0.29) is 12.5 Å². The Bertz CT molecular complexity index is 888. The Labute approximate surface area is 167 Å². The zero-order chi connectivity index (χ0) is 20.3. The second kappa shape index (κ2) is 8.43. The van der Waals surface area contributed by atoms with Crippen LogP contribution in [0.3, 0.4) is 0 Å². The molecule has 1 aromatic rings. The number of hydrogen-bond acceptors (Lipinski definition) is 7. The SMILES string of the molecule is C=CCOC(=O)C1=C(C)N=C2SCCC(=O)N2[C@@H]1c1ccc(C(=O)OC)cc1. The smallest absolute Gasteiger partial charge is 0.338 e. The maximum absolute atomic E-state index is 12.7. The molecule has 0 unspecified atom stereocenters. The molecule has 0 radical (unpaired) electrons. The van der Waals surface area contributed by atoms with Crippen molar-refractivity contribution < 1.29 is 23.9 Å². The lowest BCUT2D eigenvalue weighted by molar-refractivity contribution is -0.139. The Morgan fingerprint density at radius 3 is 2.68 bits per heavy atom. The van der Waals surface area contributed by atoms with Crippen LogP contribution in [0, 0.1) is 0 Å². The van der Waals surface area contributed by atoms with Crippen molar-refractivity contribution in [1.82, 2.24) is 4.90 Å². The van der Waals surface area contributed by atoms with Crippen LogP contribution in [0.2, 0.25) is 0 Å². The van der Waals surface area contributed by atoms with Crippen LogP contribution in [0.4, 0.5) is 0 Å². The third kappa shape index (κ3) is 3.73. The highest BCUT2D eigenvalue weighted by molar-refractivity contribution is 8.14. The molecule has 0 saturated carbocycles. The molecule has 2 aliphatic rings. The van der Waals surface area contributed by atoms with Gasteiger partial charge in [0.15, 0.2) is 5.17 Å². The summed E-state index contributed by atoms with van der Waals surface area (Å²) in [7, 11) is 1.31. The lowest BCUT2D eigenvalue weighted by Gasteiger charge is -2.38. The van der Waals surface area contributed by atoms with Crippen LogP contribution in [-0.4, -0.2) is 47.4 Å². The number of amidine groups is 1. The van der Waals surface area contributed by atoms with Gasteiger partial charge in [0.05, 0.1) is 30.0 Å². The molecule has 8 heteroatoms. The van der Waals surface area contributed by atoms with E-state index in [1.165, 1.54) is 24.9 Å². The molecule has 2 heterocycles. The molecular weight excluding hydrogens is 380 g/mol. The topological polar surface area (TPSA) is 85.3 Å². The summed E-state index contributed by atoms with van der Waals surface area (Å²) in [5, 5.41) is 0.566. The number of ether oxygens (including phenoxy) is 2. The minimum atomic E-state index is -0.670. The van der Waals surface area contributed by atoms with E-state index in [9.17, 15) is 14.4 Å². The average molecular weight is 400 g/mol. The van der Waals surface area contributed by atoms with Gasteiger partial charge in [0.25, 0.3) is 0 Å². The average Bonchev–Trinajstić information content (AvgIpc) is 2.70.